The average molecular weight is 232 g/mol. The maximum atomic E-state index is 10.9. The van der Waals surface area contributed by atoms with Crippen LogP contribution in [-0.2, 0) is 0 Å². The second-order valence-electron chi connectivity index (χ2n) is 3.28. The molecule has 0 unspecified atom stereocenters. The highest BCUT2D eigenvalue weighted by Crippen LogP contribution is 2.43. The van der Waals surface area contributed by atoms with Crippen LogP contribution in [0.25, 0.3) is 0 Å². The van der Waals surface area contributed by atoms with Gasteiger partial charge in [-0.2, -0.15) is 0 Å². The average Bonchev–Trinajstić information content (AvgIpc) is 2.82. The Morgan fingerprint density at radius 2 is 2.14 bits per heavy atom. The third kappa shape index (κ3) is 1.70. The van der Waals surface area contributed by atoms with Crippen molar-refractivity contribution in [3.63, 3.8) is 0 Å². The molecule has 3 nitrogen and oxygen atoms in total. The van der Waals surface area contributed by atoms with Crippen LogP contribution in [0.4, 0.5) is 0 Å². The van der Waals surface area contributed by atoms with Crippen LogP contribution < -0.4 is 0 Å². The molecule has 0 saturated heterocycles. The number of halogens is 2. The Bertz CT molecular complexity index is 402. The number of aromatic nitrogens is 1. The summed E-state index contributed by atoms with van der Waals surface area (Å²) in [6.07, 6.45) is 1.99. The number of carboxylic acid groups (broad SMARTS) is 1. The molecular formula is C9H7Cl2NO2. The molecule has 2 rings (SSSR count). The summed E-state index contributed by atoms with van der Waals surface area (Å²) < 4.78 is 0. The van der Waals surface area contributed by atoms with Crippen molar-refractivity contribution in [1.29, 1.82) is 0 Å². The molecule has 14 heavy (non-hydrogen) atoms. The molecule has 1 aromatic heterocycles. The fourth-order valence-corrected chi connectivity index (χ4v) is 1.96. The topological polar surface area (TPSA) is 50.2 Å². The van der Waals surface area contributed by atoms with Gasteiger partial charge in [0.15, 0.2) is 0 Å². The first-order valence-electron chi connectivity index (χ1n) is 4.19. The van der Waals surface area contributed by atoms with Gasteiger partial charge in [-0.1, -0.05) is 23.2 Å². The lowest BCUT2D eigenvalue weighted by atomic mass is 10.1. The second-order valence-corrected chi connectivity index (χ2v) is 4.02. The minimum Gasteiger partial charge on any atom is -0.478 e. The number of nitrogens with zero attached hydrogens (tertiary/aromatic N) is 1. The normalized spacial score (nSPS) is 15.6. The van der Waals surface area contributed by atoms with Gasteiger partial charge in [-0.05, 0) is 30.4 Å². The van der Waals surface area contributed by atoms with Gasteiger partial charge in [-0.25, -0.2) is 9.78 Å². The minimum absolute atomic E-state index is 0.0214. The van der Waals surface area contributed by atoms with E-state index in [1.54, 1.807) is 6.07 Å². The zero-order chi connectivity index (χ0) is 10.3. The van der Waals surface area contributed by atoms with Crippen LogP contribution in [0.3, 0.4) is 0 Å². The standard InChI is InChI=1S/C9H7Cl2NO2/c10-6-3-5(4-1-2-4)7(9(13)14)8(11)12-6/h3-4H,1-2H2,(H,13,14). The maximum absolute atomic E-state index is 10.9. The molecule has 0 aromatic carbocycles. The van der Waals surface area contributed by atoms with Crippen molar-refractivity contribution >= 4 is 29.2 Å². The first-order valence-corrected chi connectivity index (χ1v) is 4.94. The smallest absolute Gasteiger partial charge is 0.339 e. The van der Waals surface area contributed by atoms with Gasteiger partial charge in [0.1, 0.15) is 15.9 Å². The van der Waals surface area contributed by atoms with E-state index in [1.165, 1.54) is 0 Å². The lowest BCUT2D eigenvalue weighted by Crippen LogP contribution is -2.04. The molecule has 74 valence electrons. The summed E-state index contributed by atoms with van der Waals surface area (Å²) in [7, 11) is 0. The van der Waals surface area contributed by atoms with E-state index in [4.69, 9.17) is 28.3 Å². The maximum Gasteiger partial charge on any atom is 0.339 e. The molecule has 1 aliphatic carbocycles. The van der Waals surface area contributed by atoms with Gasteiger partial charge in [0.05, 0.1) is 0 Å². The van der Waals surface area contributed by atoms with Crippen LogP contribution >= 0.6 is 23.2 Å². The summed E-state index contributed by atoms with van der Waals surface area (Å²) in [6.45, 7) is 0. The van der Waals surface area contributed by atoms with Crippen LogP contribution in [0.2, 0.25) is 10.3 Å². The quantitative estimate of drug-likeness (QED) is 0.797. The van der Waals surface area contributed by atoms with Crippen LogP contribution in [0.1, 0.15) is 34.7 Å². The van der Waals surface area contributed by atoms with Crippen LogP contribution in [0.15, 0.2) is 6.07 Å². The Kier molecular flexibility index (Phi) is 2.37. The molecule has 0 amide bonds. The predicted molar refractivity (Wildman–Crippen MR) is 53.2 cm³/mol. The fraction of sp³-hybridized carbons (Fsp3) is 0.333. The molecule has 1 saturated carbocycles. The van der Waals surface area contributed by atoms with Crippen molar-refractivity contribution in [3.05, 3.63) is 27.5 Å². The van der Waals surface area contributed by atoms with E-state index in [9.17, 15) is 4.79 Å². The van der Waals surface area contributed by atoms with Gasteiger partial charge < -0.3 is 5.11 Å². The largest absolute Gasteiger partial charge is 0.478 e. The van der Waals surface area contributed by atoms with Crippen molar-refractivity contribution in [2.45, 2.75) is 18.8 Å². The lowest BCUT2D eigenvalue weighted by molar-refractivity contribution is 0.0695. The SMILES string of the molecule is O=C(O)c1c(C2CC2)cc(Cl)nc1Cl. The zero-order valence-corrected chi connectivity index (χ0v) is 8.64. The van der Waals surface area contributed by atoms with Gasteiger partial charge in [-0.15, -0.1) is 0 Å². The summed E-state index contributed by atoms with van der Waals surface area (Å²) in [5.41, 5.74) is 0.807. The Morgan fingerprint density at radius 1 is 1.50 bits per heavy atom. The zero-order valence-electron chi connectivity index (χ0n) is 7.13. The summed E-state index contributed by atoms with van der Waals surface area (Å²) in [5, 5.41) is 9.18. The highest BCUT2D eigenvalue weighted by Gasteiger charge is 2.30. The predicted octanol–water partition coefficient (Wildman–Crippen LogP) is 2.96. The van der Waals surface area contributed by atoms with Crippen molar-refractivity contribution < 1.29 is 9.90 Å². The van der Waals surface area contributed by atoms with Crippen LogP contribution in [-0.4, -0.2) is 16.1 Å². The van der Waals surface area contributed by atoms with E-state index in [0.717, 1.165) is 12.8 Å². The number of hydrogen-bond donors (Lipinski definition) is 1. The first kappa shape index (κ1) is 9.74. The van der Waals surface area contributed by atoms with Gasteiger partial charge >= 0.3 is 5.97 Å². The van der Waals surface area contributed by atoms with E-state index < -0.39 is 5.97 Å². The second kappa shape index (κ2) is 3.41. The van der Waals surface area contributed by atoms with Crippen LogP contribution in [0, 0.1) is 0 Å². The summed E-state index contributed by atoms with van der Waals surface area (Å²) in [5.74, 6) is -0.750. The van der Waals surface area contributed by atoms with E-state index >= 15 is 0 Å². The Balaban J connectivity index is 2.58. The lowest BCUT2D eigenvalue weighted by Gasteiger charge is -2.06. The van der Waals surface area contributed by atoms with Gasteiger partial charge in [0.25, 0.3) is 0 Å². The van der Waals surface area contributed by atoms with E-state index in [1.807, 2.05) is 0 Å². The Hall–Kier alpha value is -0.800. The minimum atomic E-state index is -1.04. The molecule has 5 heteroatoms. The van der Waals surface area contributed by atoms with Gasteiger partial charge in [-0.3, -0.25) is 0 Å². The highest BCUT2D eigenvalue weighted by molar-refractivity contribution is 6.34. The van der Waals surface area contributed by atoms with E-state index in [-0.39, 0.29) is 15.9 Å². The number of pyridine rings is 1. The molecule has 1 aromatic rings. The van der Waals surface area contributed by atoms with Gasteiger partial charge in [0.2, 0.25) is 0 Å². The Morgan fingerprint density at radius 3 is 2.64 bits per heavy atom. The monoisotopic (exact) mass is 231 g/mol. The molecular weight excluding hydrogens is 225 g/mol. The number of rotatable bonds is 2. The van der Waals surface area contributed by atoms with Crippen molar-refractivity contribution in [2.75, 3.05) is 0 Å². The third-order valence-electron chi connectivity index (χ3n) is 2.21. The number of hydrogen-bond acceptors (Lipinski definition) is 2. The van der Waals surface area contributed by atoms with E-state index in [0.29, 0.717) is 11.5 Å². The van der Waals surface area contributed by atoms with Crippen LogP contribution in [0.5, 0.6) is 0 Å². The molecule has 1 N–H and O–H groups in total. The number of carbonyl (C=O) groups is 1. The molecule has 1 aliphatic rings. The third-order valence-corrected chi connectivity index (χ3v) is 2.67. The molecule has 0 aliphatic heterocycles. The number of carboxylic acids is 1. The first-order chi connectivity index (χ1) is 6.59. The molecule has 0 spiro atoms. The molecule has 1 heterocycles. The summed E-state index contributed by atoms with van der Waals surface area (Å²) >= 11 is 11.4. The van der Waals surface area contributed by atoms with Crippen molar-refractivity contribution in [3.8, 4) is 0 Å². The molecule has 0 atom stereocenters. The van der Waals surface area contributed by atoms with Crippen molar-refractivity contribution in [1.82, 2.24) is 4.98 Å². The Labute approximate surface area is 90.7 Å². The molecule has 1 fully saturated rings. The summed E-state index contributed by atoms with van der Waals surface area (Å²) in [4.78, 5) is 14.6. The highest BCUT2D eigenvalue weighted by atomic mass is 35.5. The number of aromatic carboxylic acids is 1. The summed E-state index contributed by atoms with van der Waals surface area (Å²) in [6, 6.07) is 1.59. The van der Waals surface area contributed by atoms with Crippen molar-refractivity contribution in [2.24, 2.45) is 0 Å². The molecule has 0 bridgehead atoms. The van der Waals surface area contributed by atoms with E-state index in [2.05, 4.69) is 4.98 Å². The fourth-order valence-electron chi connectivity index (χ4n) is 1.43. The molecule has 0 radical (unpaired) electrons. The van der Waals surface area contributed by atoms with Gasteiger partial charge in [0, 0.05) is 0 Å².